The molecule has 0 rings (SSSR count). The lowest BCUT2D eigenvalue weighted by molar-refractivity contribution is 0.244. The average molecular weight is 193 g/mol. The van der Waals surface area contributed by atoms with Crippen LogP contribution in [-0.2, 0) is 0 Å². The number of aliphatic imine (C=N–C) groups is 1. The molecule has 0 spiro atoms. The molecule has 0 aromatic heterocycles. The van der Waals surface area contributed by atoms with Gasteiger partial charge in [-0.1, -0.05) is 13.0 Å². The van der Waals surface area contributed by atoms with Crippen molar-refractivity contribution in [3.05, 3.63) is 29.5 Å². The maximum atomic E-state index is 9.12. The second-order valence-corrected chi connectivity index (χ2v) is 2.97. The monoisotopic (exact) mass is 193 g/mol. The van der Waals surface area contributed by atoms with Crippen molar-refractivity contribution in [1.29, 1.82) is 0 Å². The molecule has 0 saturated carbocycles. The van der Waals surface area contributed by atoms with Gasteiger partial charge in [-0.3, -0.25) is 4.99 Å². The first-order chi connectivity index (χ1) is 6.65. The Morgan fingerprint density at radius 3 is 2.57 bits per heavy atom. The molecule has 0 aromatic rings. The smallest absolute Gasteiger partial charge is 0.0696 e. The van der Waals surface area contributed by atoms with E-state index in [0.717, 1.165) is 17.7 Å². The molecule has 14 heavy (non-hydrogen) atoms. The molecular weight excluding hydrogens is 174 g/mol. The third-order valence-electron chi connectivity index (χ3n) is 1.76. The van der Waals surface area contributed by atoms with Crippen molar-refractivity contribution >= 4 is 5.71 Å². The summed E-state index contributed by atoms with van der Waals surface area (Å²) in [5.41, 5.74) is 5.05. The van der Waals surface area contributed by atoms with Crippen LogP contribution in [0.3, 0.4) is 0 Å². The zero-order chi connectivity index (χ0) is 11.0. The fraction of sp³-hybridized carbons (Fsp3) is 0.500. The van der Waals surface area contributed by atoms with Crippen LogP contribution in [0.1, 0.15) is 27.2 Å². The number of allylic oxidation sites excluding steroid dienone is 2. The minimum atomic E-state index is -0.432. The summed E-state index contributed by atoms with van der Waals surface area (Å²) < 4.78 is 0. The zero-order valence-electron chi connectivity index (χ0n) is 9.41. The fourth-order valence-corrected chi connectivity index (χ4v) is 1.09. The molecule has 2 nitrogen and oxygen atoms in total. The molecule has 0 heterocycles. The van der Waals surface area contributed by atoms with Crippen molar-refractivity contribution in [2.24, 2.45) is 4.99 Å². The minimum Gasteiger partial charge on any atom is -0.389 e. The quantitative estimate of drug-likeness (QED) is 0.415. The van der Waals surface area contributed by atoms with Gasteiger partial charge in [0.05, 0.1) is 6.10 Å². The Labute approximate surface area is 86.4 Å². The van der Waals surface area contributed by atoms with E-state index in [-0.39, 0.29) is 0 Å². The van der Waals surface area contributed by atoms with E-state index in [1.807, 2.05) is 19.1 Å². The molecule has 2 heteroatoms. The third kappa shape index (κ3) is 4.80. The van der Waals surface area contributed by atoms with E-state index in [0.29, 0.717) is 0 Å². The summed E-state index contributed by atoms with van der Waals surface area (Å²) in [6.45, 7) is 5.69. The molecule has 1 N–H and O–H groups in total. The topological polar surface area (TPSA) is 32.6 Å². The van der Waals surface area contributed by atoms with Crippen LogP contribution < -0.4 is 0 Å². The largest absolute Gasteiger partial charge is 0.389 e. The van der Waals surface area contributed by atoms with Crippen LogP contribution in [0.25, 0.3) is 0 Å². The van der Waals surface area contributed by atoms with E-state index in [4.69, 9.17) is 5.11 Å². The number of rotatable bonds is 4. The van der Waals surface area contributed by atoms with Crippen molar-refractivity contribution in [3.8, 4) is 0 Å². The third-order valence-corrected chi connectivity index (χ3v) is 1.76. The van der Waals surface area contributed by atoms with Crippen LogP contribution in [-0.4, -0.2) is 24.0 Å². The predicted octanol–water partition coefficient (Wildman–Crippen LogP) is 2.51. The Morgan fingerprint density at radius 2 is 2.21 bits per heavy atom. The van der Waals surface area contributed by atoms with E-state index in [2.05, 4.69) is 17.6 Å². The molecule has 0 amide bonds. The van der Waals surface area contributed by atoms with Crippen LogP contribution in [0.2, 0.25) is 0 Å². The molecule has 1 atom stereocenters. The Hall–Kier alpha value is -1.11. The van der Waals surface area contributed by atoms with Gasteiger partial charge < -0.3 is 5.11 Å². The fourth-order valence-electron chi connectivity index (χ4n) is 1.09. The maximum Gasteiger partial charge on any atom is 0.0696 e. The maximum absolute atomic E-state index is 9.12. The molecule has 0 saturated heterocycles. The lowest BCUT2D eigenvalue weighted by Crippen LogP contribution is -2.00. The standard InChI is InChI=1S/C12H19NO/c1-5-7-11(9-8-10(3)14)12(6-2)13-4/h5,8-10,14H,6H2,1-4H3/b9-8-,13-12?. The Bertz CT molecular complexity index is 279. The van der Waals surface area contributed by atoms with Crippen molar-refractivity contribution in [1.82, 2.24) is 0 Å². The van der Waals surface area contributed by atoms with E-state index >= 15 is 0 Å². The molecule has 0 aliphatic heterocycles. The average Bonchev–Trinajstić information content (AvgIpc) is 2.15. The summed E-state index contributed by atoms with van der Waals surface area (Å²) in [4.78, 5) is 4.17. The highest BCUT2D eigenvalue weighted by molar-refractivity contribution is 6.02. The summed E-state index contributed by atoms with van der Waals surface area (Å²) in [5, 5.41) is 9.12. The Morgan fingerprint density at radius 1 is 1.57 bits per heavy atom. The number of nitrogens with zero attached hydrogens (tertiary/aromatic N) is 1. The molecule has 0 aliphatic rings. The molecule has 78 valence electrons. The van der Waals surface area contributed by atoms with Gasteiger partial charge in [0.1, 0.15) is 0 Å². The molecule has 0 fully saturated rings. The second-order valence-electron chi connectivity index (χ2n) is 2.97. The molecule has 0 bridgehead atoms. The minimum absolute atomic E-state index is 0.432. The first kappa shape index (κ1) is 12.9. The number of aliphatic hydroxyl groups is 1. The molecule has 0 aliphatic carbocycles. The Kier molecular flexibility index (Phi) is 6.73. The van der Waals surface area contributed by atoms with Crippen LogP contribution in [0.5, 0.6) is 0 Å². The second kappa shape index (κ2) is 7.31. The normalized spacial score (nSPS) is 13.9. The highest BCUT2D eigenvalue weighted by atomic mass is 16.3. The number of aliphatic hydroxyl groups excluding tert-OH is 1. The van der Waals surface area contributed by atoms with Crippen molar-refractivity contribution in [2.45, 2.75) is 33.3 Å². The lowest BCUT2D eigenvalue weighted by Gasteiger charge is -2.01. The van der Waals surface area contributed by atoms with Gasteiger partial charge >= 0.3 is 0 Å². The van der Waals surface area contributed by atoms with Gasteiger partial charge in [-0.15, -0.1) is 5.73 Å². The summed E-state index contributed by atoms with van der Waals surface area (Å²) in [6, 6.07) is 0. The van der Waals surface area contributed by atoms with Gasteiger partial charge in [-0.05, 0) is 32.4 Å². The first-order valence-electron chi connectivity index (χ1n) is 4.89. The predicted molar refractivity (Wildman–Crippen MR) is 61.7 cm³/mol. The van der Waals surface area contributed by atoms with Gasteiger partial charge in [0, 0.05) is 18.3 Å². The molecule has 0 aromatic carbocycles. The summed E-state index contributed by atoms with van der Waals surface area (Å²) in [6.07, 6.45) is 5.88. The lowest BCUT2D eigenvalue weighted by atomic mass is 10.1. The van der Waals surface area contributed by atoms with E-state index in [9.17, 15) is 0 Å². The first-order valence-corrected chi connectivity index (χ1v) is 4.89. The van der Waals surface area contributed by atoms with Crippen molar-refractivity contribution < 1.29 is 5.11 Å². The van der Waals surface area contributed by atoms with E-state index in [1.54, 1.807) is 20.0 Å². The van der Waals surface area contributed by atoms with E-state index < -0.39 is 6.10 Å². The van der Waals surface area contributed by atoms with Crippen LogP contribution >= 0.6 is 0 Å². The Balaban J connectivity index is 4.90. The molecule has 0 radical (unpaired) electrons. The molecular formula is C12H19NO. The van der Waals surface area contributed by atoms with Gasteiger partial charge in [0.2, 0.25) is 0 Å². The van der Waals surface area contributed by atoms with Gasteiger partial charge in [-0.2, -0.15) is 0 Å². The van der Waals surface area contributed by atoms with Crippen LogP contribution in [0, 0.1) is 0 Å². The SMILES string of the molecule is CC=C=C(/C=C\C(C)O)C(CC)=NC. The van der Waals surface area contributed by atoms with Crippen molar-refractivity contribution in [2.75, 3.05) is 7.05 Å². The molecule has 1 unspecified atom stereocenters. The van der Waals surface area contributed by atoms with Crippen LogP contribution in [0.15, 0.2) is 34.5 Å². The number of hydrogen-bond acceptors (Lipinski definition) is 2. The van der Waals surface area contributed by atoms with Gasteiger partial charge in [0.15, 0.2) is 0 Å². The summed E-state index contributed by atoms with van der Waals surface area (Å²) >= 11 is 0. The van der Waals surface area contributed by atoms with Crippen LogP contribution in [0.4, 0.5) is 0 Å². The summed E-state index contributed by atoms with van der Waals surface area (Å²) in [7, 11) is 1.77. The van der Waals surface area contributed by atoms with Crippen molar-refractivity contribution in [3.63, 3.8) is 0 Å². The highest BCUT2D eigenvalue weighted by Gasteiger charge is 1.99. The number of hydrogen-bond donors (Lipinski definition) is 1. The highest BCUT2D eigenvalue weighted by Crippen LogP contribution is 2.03. The zero-order valence-corrected chi connectivity index (χ0v) is 9.41. The van der Waals surface area contributed by atoms with E-state index in [1.165, 1.54) is 0 Å². The van der Waals surface area contributed by atoms with Gasteiger partial charge in [0.25, 0.3) is 0 Å². The van der Waals surface area contributed by atoms with Gasteiger partial charge in [-0.25, -0.2) is 0 Å². The summed E-state index contributed by atoms with van der Waals surface area (Å²) in [5.74, 6) is 0.